The molecule has 2 fully saturated rings. The molecule has 0 saturated heterocycles. The molecule has 0 radical (unpaired) electrons. The Morgan fingerprint density at radius 2 is 1.76 bits per heavy atom. The van der Waals surface area contributed by atoms with Crippen LogP contribution in [0.2, 0.25) is 0 Å². The minimum absolute atomic E-state index is 0.0253. The van der Waals surface area contributed by atoms with Gasteiger partial charge in [-0.05, 0) is 65.1 Å². The summed E-state index contributed by atoms with van der Waals surface area (Å²) in [6, 6.07) is 2.57. The fourth-order valence-electron chi connectivity index (χ4n) is 4.25. The molecule has 4 atom stereocenters. The molecule has 0 heterocycles. The molecule has 0 aliphatic heterocycles. The minimum atomic E-state index is -1.04. The zero-order valence-corrected chi connectivity index (χ0v) is 13.6. The smallest absolute Gasteiger partial charge is 0.146 e. The number of hydrogen-bond acceptors (Lipinski definition) is 1. The van der Waals surface area contributed by atoms with Crippen molar-refractivity contribution in [1.29, 1.82) is 0 Å². The summed E-state index contributed by atoms with van der Waals surface area (Å²) in [5.41, 5.74) is -0.163. The van der Waals surface area contributed by atoms with Crippen molar-refractivity contribution >= 4 is 15.9 Å². The van der Waals surface area contributed by atoms with E-state index in [-0.39, 0.29) is 16.0 Å². The van der Waals surface area contributed by atoms with E-state index in [2.05, 4.69) is 15.9 Å². The van der Waals surface area contributed by atoms with Crippen molar-refractivity contribution in [3.63, 3.8) is 0 Å². The Bertz CT molecular complexity index is 520. The van der Waals surface area contributed by atoms with Crippen LogP contribution in [0.4, 0.5) is 8.78 Å². The van der Waals surface area contributed by atoms with Gasteiger partial charge < -0.3 is 5.11 Å². The lowest BCUT2D eigenvalue weighted by atomic mass is 9.66. The first-order chi connectivity index (χ1) is 10.1. The van der Waals surface area contributed by atoms with Crippen LogP contribution in [-0.4, -0.2) is 5.11 Å². The highest BCUT2D eigenvalue weighted by atomic mass is 79.9. The Morgan fingerprint density at radius 3 is 2.52 bits per heavy atom. The minimum Gasteiger partial charge on any atom is -0.388 e. The molecular formula is C17H21BrF2O. The molecule has 2 aliphatic rings. The third-order valence-corrected chi connectivity index (χ3v) is 6.01. The van der Waals surface area contributed by atoms with Gasteiger partial charge in [0, 0.05) is 0 Å². The van der Waals surface area contributed by atoms with Crippen molar-refractivity contribution in [3.05, 3.63) is 33.8 Å². The van der Waals surface area contributed by atoms with Gasteiger partial charge in [-0.1, -0.05) is 25.7 Å². The van der Waals surface area contributed by atoms with E-state index in [4.69, 9.17) is 0 Å². The molecule has 21 heavy (non-hydrogen) atoms. The fourth-order valence-corrected chi connectivity index (χ4v) is 4.59. The predicted octanol–water partition coefficient (Wildman–Crippen LogP) is 5.37. The van der Waals surface area contributed by atoms with Crippen LogP contribution in [0, 0.1) is 29.4 Å². The van der Waals surface area contributed by atoms with Gasteiger partial charge in [0.05, 0.1) is 16.1 Å². The maximum Gasteiger partial charge on any atom is 0.146 e. The molecule has 1 aromatic carbocycles. The number of fused-ring (bicyclic) bond motifs is 1. The van der Waals surface area contributed by atoms with Crippen LogP contribution in [0.25, 0.3) is 0 Å². The second-order valence-corrected chi connectivity index (χ2v) is 7.43. The number of aliphatic hydroxyl groups is 1. The van der Waals surface area contributed by atoms with Crippen LogP contribution in [0.1, 0.15) is 56.6 Å². The van der Waals surface area contributed by atoms with Crippen molar-refractivity contribution in [2.75, 3.05) is 0 Å². The van der Waals surface area contributed by atoms with Gasteiger partial charge in [0.25, 0.3) is 0 Å². The van der Waals surface area contributed by atoms with E-state index in [1.54, 1.807) is 0 Å². The SMILES string of the molecule is OC(c1c(F)ccc(Br)c1F)C1CCC2CCCCC2C1. The molecule has 1 nitrogen and oxygen atoms in total. The Balaban J connectivity index is 1.79. The summed E-state index contributed by atoms with van der Waals surface area (Å²) < 4.78 is 28.3. The van der Waals surface area contributed by atoms with Gasteiger partial charge in [0.1, 0.15) is 11.6 Å². The first-order valence-electron chi connectivity index (χ1n) is 7.89. The van der Waals surface area contributed by atoms with Gasteiger partial charge in [-0.3, -0.25) is 0 Å². The van der Waals surface area contributed by atoms with Crippen molar-refractivity contribution in [3.8, 4) is 0 Å². The lowest BCUT2D eigenvalue weighted by molar-refractivity contribution is 0.0309. The normalized spacial score (nSPS) is 30.8. The van der Waals surface area contributed by atoms with Crippen LogP contribution in [0.5, 0.6) is 0 Å². The molecule has 0 spiro atoms. The van der Waals surface area contributed by atoms with E-state index in [0.717, 1.165) is 25.2 Å². The van der Waals surface area contributed by atoms with Crippen LogP contribution in [-0.2, 0) is 0 Å². The van der Waals surface area contributed by atoms with E-state index in [1.165, 1.54) is 37.8 Å². The van der Waals surface area contributed by atoms with Crippen LogP contribution in [0.15, 0.2) is 16.6 Å². The average molecular weight is 359 g/mol. The van der Waals surface area contributed by atoms with Crippen molar-refractivity contribution < 1.29 is 13.9 Å². The standard InChI is InChI=1S/C17H21BrF2O/c18-13-7-8-14(19)15(16(13)20)17(21)12-6-5-10-3-1-2-4-11(10)9-12/h7-8,10-12,17,21H,1-6,9H2. The number of benzene rings is 1. The highest BCUT2D eigenvalue weighted by Crippen LogP contribution is 2.46. The second kappa shape index (κ2) is 6.33. The monoisotopic (exact) mass is 358 g/mol. The van der Waals surface area contributed by atoms with Gasteiger partial charge >= 0.3 is 0 Å². The molecular weight excluding hydrogens is 338 g/mol. The van der Waals surface area contributed by atoms with Crippen LogP contribution in [0.3, 0.4) is 0 Å². The number of rotatable bonds is 2. The van der Waals surface area contributed by atoms with Gasteiger partial charge in [0.2, 0.25) is 0 Å². The Kier molecular flexibility index (Phi) is 4.65. The highest BCUT2D eigenvalue weighted by Gasteiger charge is 2.37. The lowest BCUT2D eigenvalue weighted by Crippen LogP contribution is -2.31. The molecule has 4 unspecified atom stereocenters. The number of hydrogen-bond donors (Lipinski definition) is 1. The predicted molar refractivity (Wildman–Crippen MR) is 81.8 cm³/mol. The average Bonchev–Trinajstić information content (AvgIpc) is 2.51. The molecule has 3 rings (SSSR count). The van der Waals surface area contributed by atoms with Crippen molar-refractivity contribution in [2.24, 2.45) is 17.8 Å². The largest absolute Gasteiger partial charge is 0.388 e. The van der Waals surface area contributed by atoms with Gasteiger partial charge in [-0.15, -0.1) is 0 Å². The van der Waals surface area contributed by atoms with Gasteiger partial charge in [0.15, 0.2) is 0 Å². The quantitative estimate of drug-likeness (QED) is 0.704. The van der Waals surface area contributed by atoms with Crippen LogP contribution >= 0.6 is 15.9 Å². The molecule has 1 aromatic rings. The zero-order chi connectivity index (χ0) is 15.0. The maximum absolute atomic E-state index is 14.2. The third kappa shape index (κ3) is 3.02. The summed E-state index contributed by atoms with van der Waals surface area (Å²) in [5, 5.41) is 10.5. The summed E-state index contributed by atoms with van der Waals surface area (Å²) in [5.74, 6) is 0.0645. The topological polar surface area (TPSA) is 20.2 Å². The number of halogens is 3. The lowest BCUT2D eigenvalue weighted by Gasteiger charge is -2.41. The van der Waals surface area contributed by atoms with Crippen molar-refractivity contribution in [2.45, 2.75) is 51.0 Å². The van der Waals surface area contributed by atoms with E-state index in [0.29, 0.717) is 5.92 Å². The Labute approximate surface area is 132 Å². The molecule has 0 bridgehead atoms. The van der Waals surface area contributed by atoms with Crippen LogP contribution < -0.4 is 0 Å². The van der Waals surface area contributed by atoms with Gasteiger partial charge in [-0.2, -0.15) is 0 Å². The second-order valence-electron chi connectivity index (χ2n) is 6.58. The molecule has 0 aromatic heterocycles. The Morgan fingerprint density at radius 1 is 1.05 bits per heavy atom. The molecule has 1 N–H and O–H groups in total. The summed E-state index contributed by atoms with van der Waals surface area (Å²) in [6.45, 7) is 0. The van der Waals surface area contributed by atoms with E-state index < -0.39 is 17.7 Å². The third-order valence-electron chi connectivity index (χ3n) is 5.40. The fraction of sp³-hybridized carbons (Fsp3) is 0.647. The summed E-state index contributed by atoms with van der Waals surface area (Å²) in [7, 11) is 0. The molecule has 116 valence electrons. The first kappa shape index (κ1) is 15.4. The summed E-state index contributed by atoms with van der Waals surface area (Å²) >= 11 is 3.08. The number of aliphatic hydroxyl groups excluding tert-OH is 1. The first-order valence-corrected chi connectivity index (χ1v) is 8.68. The zero-order valence-electron chi connectivity index (χ0n) is 12.0. The highest BCUT2D eigenvalue weighted by molar-refractivity contribution is 9.10. The maximum atomic E-state index is 14.2. The van der Waals surface area contributed by atoms with E-state index >= 15 is 0 Å². The molecule has 2 saturated carbocycles. The molecule has 4 heteroatoms. The van der Waals surface area contributed by atoms with E-state index in [9.17, 15) is 13.9 Å². The van der Waals surface area contributed by atoms with Gasteiger partial charge in [-0.25, -0.2) is 8.78 Å². The molecule has 2 aliphatic carbocycles. The summed E-state index contributed by atoms with van der Waals surface area (Å²) in [6.07, 6.45) is 6.87. The summed E-state index contributed by atoms with van der Waals surface area (Å²) in [4.78, 5) is 0. The van der Waals surface area contributed by atoms with E-state index in [1.807, 2.05) is 0 Å². The molecule has 0 amide bonds. The Hall–Kier alpha value is -0.480. The van der Waals surface area contributed by atoms with Crippen molar-refractivity contribution in [1.82, 2.24) is 0 Å².